The molecule has 0 unspecified atom stereocenters. The summed E-state index contributed by atoms with van der Waals surface area (Å²) in [7, 11) is -3.78. The molecule has 2 aromatic heterocycles. The molecule has 0 bridgehead atoms. The maximum atomic E-state index is 12.4. The van der Waals surface area contributed by atoms with E-state index in [2.05, 4.69) is 27.4 Å². The molecular weight excluding hydrogens is 528 g/mol. The summed E-state index contributed by atoms with van der Waals surface area (Å²) < 4.78 is 29.0. The molecule has 5 rings (SSSR count). The fraction of sp³-hybridized carbons (Fsp3) is 0.276. The molecule has 0 aliphatic heterocycles. The summed E-state index contributed by atoms with van der Waals surface area (Å²) in [6.45, 7) is 3.83. The van der Waals surface area contributed by atoms with Crippen molar-refractivity contribution in [2.75, 3.05) is 11.9 Å². The van der Waals surface area contributed by atoms with E-state index in [1.54, 1.807) is 16.6 Å². The maximum Gasteiger partial charge on any atom is 0.252 e. The van der Waals surface area contributed by atoms with Gasteiger partial charge in [-0.2, -0.15) is 5.10 Å². The van der Waals surface area contributed by atoms with E-state index in [4.69, 9.17) is 5.73 Å². The summed E-state index contributed by atoms with van der Waals surface area (Å²) >= 11 is 0. The molecule has 1 aliphatic rings. The Balaban J connectivity index is 1.28. The van der Waals surface area contributed by atoms with E-state index in [1.807, 2.05) is 43.5 Å². The van der Waals surface area contributed by atoms with Gasteiger partial charge in [0.25, 0.3) is 5.91 Å². The number of primary amides is 1. The van der Waals surface area contributed by atoms with Crippen LogP contribution < -0.4 is 21.1 Å². The van der Waals surface area contributed by atoms with E-state index in [0.717, 1.165) is 40.6 Å². The topological polar surface area (TPSA) is 148 Å². The van der Waals surface area contributed by atoms with Crippen molar-refractivity contribution in [1.29, 1.82) is 0 Å². The van der Waals surface area contributed by atoms with Crippen LogP contribution in [0.25, 0.3) is 16.6 Å². The van der Waals surface area contributed by atoms with Gasteiger partial charge in [-0.25, -0.2) is 17.7 Å². The van der Waals surface area contributed by atoms with Gasteiger partial charge in [0.1, 0.15) is 0 Å². The third kappa shape index (κ3) is 6.16. The smallest absolute Gasteiger partial charge is 0.252 e. The molecule has 40 heavy (non-hydrogen) atoms. The zero-order valence-corrected chi connectivity index (χ0v) is 23.2. The Kier molecular flexibility index (Phi) is 7.59. The molecule has 10 nitrogen and oxygen atoms in total. The minimum atomic E-state index is -3.78. The minimum absolute atomic E-state index is 0.108. The normalized spacial score (nSPS) is 14.2. The predicted octanol–water partition coefficient (Wildman–Crippen LogP) is 3.21. The van der Waals surface area contributed by atoms with Crippen molar-refractivity contribution in [1.82, 2.24) is 19.7 Å². The van der Waals surface area contributed by atoms with Gasteiger partial charge in [-0.1, -0.05) is 35.9 Å². The van der Waals surface area contributed by atoms with Gasteiger partial charge in [0.2, 0.25) is 15.9 Å². The van der Waals surface area contributed by atoms with Crippen LogP contribution in [-0.2, 0) is 21.4 Å². The first-order valence-corrected chi connectivity index (χ1v) is 14.6. The van der Waals surface area contributed by atoms with Gasteiger partial charge in [-0.05, 0) is 68.0 Å². The third-order valence-electron chi connectivity index (χ3n) is 7.11. The lowest BCUT2D eigenvalue weighted by Gasteiger charge is -2.17. The largest absolute Gasteiger partial charge is 0.380 e. The molecule has 0 spiro atoms. The molecule has 2 aromatic carbocycles. The Morgan fingerprint density at radius 1 is 1.10 bits per heavy atom. The van der Waals surface area contributed by atoms with Crippen LogP contribution in [0.5, 0.6) is 0 Å². The fourth-order valence-corrected chi connectivity index (χ4v) is 5.56. The van der Waals surface area contributed by atoms with Crippen LogP contribution in [0.3, 0.4) is 0 Å². The highest BCUT2D eigenvalue weighted by Gasteiger charge is 2.29. The summed E-state index contributed by atoms with van der Waals surface area (Å²) in [5.74, 6) is -0.408. The molecule has 4 aromatic rings. The van der Waals surface area contributed by atoms with E-state index in [9.17, 15) is 18.0 Å². The average molecular weight is 561 g/mol. The molecule has 0 radical (unpaired) electrons. The Hall–Kier alpha value is -4.22. The van der Waals surface area contributed by atoms with Crippen LogP contribution in [0.4, 0.5) is 5.69 Å². The van der Waals surface area contributed by atoms with Crippen LogP contribution in [0.2, 0.25) is 0 Å². The number of aromatic nitrogens is 2. The van der Waals surface area contributed by atoms with Gasteiger partial charge < -0.3 is 16.4 Å². The number of carbonyl (C=O) groups is 2. The number of carbonyl (C=O) groups excluding carboxylic acids is 2. The number of hydrogen-bond donors (Lipinski definition) is 4. The summed E-state index contributed by atoms with van der Waals surface area (Å²) in [5.41, 5.74) is 11.0. The molecule has 1 saturated carbocycles. The second-order valence-electron chi connectivity index (χ2n) is 10.2. The maximum absolute atomic E-state index is 12.4. The summed E-state index contributed by atoms with van der Waals surface area (Å²) in [5, 5.41) is 10.6. The van der Waals surface area contributed by atoms with Crippen molar-refractivity contribution in [3.8, 4) is 11.1 Å². The Labute approximate surface area is 233 Å². The van der Waals surface area contributed by atoms with Crippen LogP contribution in [-0.4, -0.2) is 42.4 Å². The number of nitrogens with two attached hydrogens (primary N) is 1. The number of fused-ring (bicyclic) bond motifs is 1. The number of benzene rings is 2. The summed E-state index contributed by atoms with van der Waals surface area (Å²) in [6.07, 6.45) is 5.69. The molecule has 1 aliphatic carbocycles. The van der Waals surface area contributed by atoms with Gasteiger partial charge in [0.15, 0.2) is 0 Å². The second kappa shape index (κ2) is 11.1. The number of rotatable bonds is 11. The number of anilines is 1. The zero-order valence-electron chi connectivity index (χ0n) is 22.3. The molecule has 0 saturated heterocycles. The number of nitrogens with zero attached hydrogens (tertiary/aromatic N) is 2. The highest BCUT2D eigenvalue weighted by molar-refractivity contribution is 7.89. The first-order chi connectivity index (χ1) is 19.1. The molecule has 1 atom stereocenters. The zero-order chi connectivity index (χ0) is 28.4. The van der Waals surface area contributed by atoms with Crippen molar-refractivity contribution >= 4 is 33.0 Å². The monoisotopic (exact) mass is 560 g/mol. The SMILES string of the molecule is Cc1ccc(S(=O)(=O)NCC(=O)NCc2cccc(-c3cc4c(N[C@H](C)C5CC5)c(C(N)=O)cnn4c3)c2)cc1. The Morgan fingerprint density at radius 2 is 1.85 bits per heavy atom. The molecule has 11 heteroatoms. The predicted molar refractivity (Wildman–Crippen MR) is 153 cm³/mol. The molecule has 1 fully saturated rings. The first kappa shape index (κ1) is 27.4. The number of hydrogen-bond acceptors (Lipinski definition) is 6. The lowest BCUT2D eigenvalue weighted by molar-refractivity contribution is -0.120. The third-order valence-corrected chi connectivity index (χ3v) is 8.52. The van der Waals surface area contributed by atoms with Crippen LogP contribution in [0.1, 0.15) is 41.3 Å². The van der Waals surface area contributed by atoms with Crippen molar-refractivity contribution in [2.24, 2.45) is 11.7 Å². The number of aryl methyl sites for hydroxylation is 1. The van der Waals surface area contributed by atoms with Gasteiger partial charge in [0, 0.05) is 24.3 Å². The Bertz CT molecular complexity index is 1680. The molecular formula is C29H32N6O4S. The second-order valence-corrected chi connectivity index (χ2v) is 12.0. The van der Waals surface area contributed by atoms with Crippen molar-refractivity contribution < 1.29 is 18.0 Å². The molecule has 5 N–H and O–H groups in total. The molecule has 2 heterocycles. The van der Waals surface area contributed by atoms with Crippen molar-refractivity contribution in [3.63, 3.8) is 0 Å². The van der Waals surface area contributed by atoms with E-state index in [-0.39, 0.29) is 24.0 Å². The lowest BCUT2D eigenvalue weighted by Crippen LogP contribution is -2.36. The van der Waals surface area contributed by atoms with Crippen LogP contribution >= 0.6 is 0 Å². The minimum Gasteiger partial charge on any atom is -0.380 e. The standard InChI is InChI=1S/C29H32N6O4S/c1-18-6-10-24(11-7-18)40(38,39)33-16-27(36)31-14-20-4-3-5-22(12-20)23-13-26-28(34-19(2)21-8-9-21)25(29(30)37)15-32-35(26)17-23/h3-7,10-13,15,17,19,21,33-34H,8-9,14,16H2,1-2H3,(H2,30,37)(H,31,36)/t19-/m1/s1. The van der Waals surface area contributed by atoms with Crippen LogP contribution in [0, 0.1) is 12.8 Å². The number of amides is 2. The molecule has 2 amide bonds. The van der Waals surface area contributed by atoms with Gasteiger partial charge in [-0.3, -0.25) is 9.59 Å². The van der Waals surface area contributed by atoms with Crippen LogP contribution in [0.15, 0.2) is 71.9 Å². The number of sulfonamides is 1. The fourth-order valence-electron chi connectivity index (χ4n) is 4.58. The first-order valence-electron chi connectivity index (χ1n) is 13.1. The molecule has 208 valence electrons. The van der Waals surface area contributed by atoms with E-state index in [0.29, 0.717) is 17.2 Å². The quantitative estimate of drug-likeness (QED) is 0.221. The van der Waals surface area contributed by atoms with E-state index in [1.165, 1.54) is 18.3 Å². The van der Waals surface area contributed by atoms with Gasteiger partial charge in [-0.15, -0.1) is 0 Å². The van der Waals surface area contributed by atoms with Crippen molar-refractivity contribution in [3.05, 3.63) is 83.7 Å². The average Bonchev–Trinajstić information content (AvgIpc) is 3.69. The van der Waals surface area contributed by atoms with E-state index >= 15 is 0 Å². The highest BCUT2D eigenvalue weighted by Crippen LogP contribution is 2.36. The Morgan fingerprint density at radius 3 is 2.55 bits per heavy atom. The van der Waals surface area contributed by atoms with Gasteiger partial charge >= 0.3 is 0 Å². The summed E-state index contributed by atoms with van der Waals surface area (Å²) in [4.78, 5) is 24.6. The number of nitrogens with one attached hydrogen (secondary N) is 3. The highest BCUT2D eigenvalue weighted by atomic mass is 32.2. The van der Waals surface area contributed by atoms with Gasteiger partial charge in [0.05, 0.1) is 34.4 Å². The lowest BCUT2D eigenvalue weighted by atomic mass is 10.1. The summed E-state index contributed by atoms with van der Waals surface area (Å²) in [6, 6.07) is 16.2. The van der Waals surface area contributed by atoms with E-state index < -0.39 is 21.8 Å². The van der Waals surface area contributed by atoms with Crippen molar-refractivity contribution in [2.45, 2.75) is 44.2 Å².